The number of thiazole rings is 1. The molecule has 1 heterocycles. The summed E-state index contributed by atoms with van der Waals surface area (Å²) in [5.74, 6) is 0. The number of nitriles is 1. The van der Waals surface area contributed by atoms with Gasteiger partial charge < -0.3 is 0 Å². The van der Waals surface area contributed by atoms with E-state index < -0.39 is 0 Å². The summed E-state index contributed by atoms with van der Waals surface area (Å²) >= 11 is 1.42. The normalized spacial score (nSPS) is 11.1. The minimum absolute atomic E-state index is 0.278. The van der Waals surface area contributed by atoms with Crippen LogP contribution in [0.1, 0.15) is 16.1 Å². The molecule has 3 rings (SSSR count). The molecular formula is C19H16N4S. The number of para-hydroxylation sites is 1. The van der Waals surface area contributed by atoms with Crippen molar-refractivity contribution in [1.29, 1.82) is 5.26 Å². The van der Waals surface area contributed by atoms with Crippen LogP contribution in [0.5, 0.6) is 0 Å². The third kappa shape index (κ3) is 3.50. The van der Waals surface area contributed by atoms with Crippen LogP contribution in [0.4, 0.5) is 5.69 Å². The fraction of sp³-hybridized carbons (Fsp3) is 0.105. The minimum Gasteiger partial charge on any atom is -0.277 e. The summed E-state index contributed by atoms with van der Waals surface area (Å²) in [7, 11) is 0. The summed E-state index contributed by atoms with van der Waals surface area (Å²) in [6.45, 7) is 4.14. The van der Waals surface area contributed by atoms with Gasteiger partial charge in [-0.3, -0.25) is 5.43 Å². The summed E-state index contributed by atoms with van der Waals surface area (Å²) in [5.41, 5.74) is 8.34. The second-order valence-electron chi connectivity index (χ2n) is 5.41. The van der Waals surface area contributed by atoms with E-state index in [0.29, 0.717) is 5.01 Å². The Kier molecular flexibility index (Phi) is 4.69. The summed E-state index contributed by atoms with van der Waals surface area (Å²) < 4.78 is 0. The lowest BCUT2D eigenvalue weighted by molar-refractivity contribution is 1.30. The van der Waals surface area contributed by atoms with E-state index in [0.717, 1.165) is 16.9 Å². The Morgan fingerprint density at radius 3 is 2.67 bits per heavy atom. The number of benzene rings is 2. The molecule has 4 nitrogen and oxygen atoms in total. The Hall–Kier alpha value is -2.97. The van der Waals surface area contributed by atoms with Gasteiger partial charge >= 0.3 is 0 Å². The van der Waals surface area contributed by atoms with Crippen molar-refractivity contribution in [1.82, 2.24) is 4.98 Å². The average molecular weight is 332 g/mol. The second-order valence-corrected chi connectivity index (χ2v) is 6.26. The van der Waals surface area contributed by atoms with E-state index >= 15 is 0 Å². The molecule has 0 fully saturated rings. The van der Waals surface area contributed by atoms with E-state index in [-0.39, 0.29) is 5.71 Å². The lowest BCUT2D eigenvalue weighted by Gasteiger charge is -2.03. The van der Waals surface area contributed by atoms with Crippen LogP contribution in [0.2, 0.25) is 0 Å². The maximum Gasteiger partial charge on any atom is 0.196 e. The van der Waals surface area contributed by atoms with E-state index in [9.17, 15) is 5.26 Å². The molecule has 0 aliphatic rings. The van der Waals surface area contributed by atoms with Gasteiger partial charge in [0.1, 0.15) is 6.07 Å². The van der Waals surface area contributed by atoms with E-state index in [1.165, 1.54) is 22.5 Å². The first-order valence-corrected chi connectivity index (χ1v) is 8.37. The zero-order valence-electron chi connectivity index (χ0n) is 13.4. The zero-order valence-corrected chi connectivity index (χ0v) is 14.3. The maximum atomic E-state index is 9.37. The second kappa shape index (κ2) is 7.07. The van der Waals surface area contributed by atoms with Crippen molar-refractivity contribution < 1.29 is 0 Å². The van der Waals surface area contributed by atoms with Gasteiger partial charge in [0.05, 0.1) is 11.4 Å². The molecule has 5 heteroatoms. The summed E-state index contributed by atoms with van der Waals surface area (Å²) in [4.78, 5) is 4.58. The fourth-order valence-corrected chi connectivity index (χ4v) is 3.12. The van der Waals surface area contributed by atoms with Crippen molar-refractivity contribution in [2.24, 2.45) is 5.10 Å². The van der Waals surface area contributed by atoms with Gasteiger partial charge in [0.2, 0.25) is 0 Å². The van der Waals surface area contributed by atoms with Crippen LogP contribution in [-0.4, -0.2) is 10.7 Å². The lowest BCUT2D eigenvalue weighted by Crippen LogP contribution is -2.01. The highest BCUT2D eigenvalue weighted by Crippen LogP contribution is 2.26. The topological polar surface area (TPSA) is 61.1 Å². The number of anilines is 1. The number of aryl methyl sites for hydroxylation is 2. The van der Waals surface area contributed by atoms with Crippen molar-refractivity contribution in [3.05, 3.63) is 70.0 Å². The molecule has 24 heavy (non-hydrogen) atoms. The third-order valence-corrected chi connectivity index (χ3v) is 4.39. The molecule has 0 saturated carbocycles. The standard InChI is InChI=1S/C19H16N4S/c1-13-8-9-16(14(2)10-13)18-12-24-19(21-18)17(11-20)23-22-15-6-4-3-5-7-15/h3-10,12,22H,1-2H3. The van der Waals surface area contributed by atoms with Crippen LogP contribution in [0, 0.1) is 25.2 Å². The molecule has 0 spiro atoms. The largest absolute Gasteiger partial charge is 0.277 e. The molecule has 118 valence electrons. The molecule has 2 aromatic carbocycles. The van der Waals surface area contributed by atoms with Crippen LogP contribution < -0.4 is 5.43 Å². The van der Waals surface area contributed by atoms with Gasteiger partial charge in [-0.15, -0.1) is 11.3 Å². The molecule has 1 aromatic heterocycles. The highest BCUT2D eigenvalue weighted by Gasteiger charge is 2.12. The van der Waals surface area contributed by atoms with Crippen molar-refractivity contribution in [2.45, 2.75) is 13.8 Å². The van der Waals surface area contributed by atoms with Gasteiger partial charge in [-0.1, -0.05) is 42.0 Å². The summed E-state index contributed by atoms with van der Waals surface area (Å²) in [6, 6.07) is 17.9. The highest BCUT2D eigenvalue weighted by molar-refractivity contribution is 7.12. The molecule has 0 bridgehead atoms. The van der Waals surface area contributed by atoms with Gasteiger partial charge in [0.25, 0.3) is 0 Å². The predicted octanol–water partition coefficient (Wildman–Crippen LogP) is 4.77. The summed E-state index contributed by atoms with van der Waals surface area (Å²) in [6.07, 6.45) is 0. The molecule has 0 amide bonds. The highest BCUT2D eigenvalue weighted by atomic mass is 32.1. The van der Waals surface area contributed by atoms with Crippen LogP contribution in [0.15, 0.2) is 59.0 Å². The number of hydrogen-bond acceptors (Lipinski definition) is 5. The molecule has 0 atom stereocenters. The van der Waals surface area contributed by atoms with E-state index in [4.69, 9.17) is 0 Å². The zero-order chi connectivity index (χ0) is 16.9. The van der Waals surface area contributed by atoms with Crippen molar-refractivity contribution in [3.63, 3.8) is 0 Å². The smallest absolute Gasteiger partial charge is 0.196 e. The molecule has 0 unspecified atom stereocenters. The Balaban J connectivity index is 1.87. The molecule has 0 radical (unpaired) electrons. The number of nitrogens with zero attached hydrogens (tertiary/aromatic N) is 3. The average Bonchev–Trinajstić information content (AvgIpc) is 3.06. The number of nitrogens with one attached hydrogen (secondary N) is 1. The molecule has 1 N–H and O–H groups in total. The number of aromatic nitrogens is 1. The molecule has 3 aromatic rings. The Labute approximate surface area is 145 Å². The first-order chi connectivity index (χ1) is 11.7. The first kappa shape index (κ1) is 15.9. The quantitative estimate of drug-likeness (QED) is 0.553. The van der Waals surface area contributed by atoms with E-state index in [1.807, 2.05) is 35.7 Å². The fourth-order valence-electron chi connectivity index (χ4n) is 2.36. The van der Waals surface area contributed by atoms with Crippen LogP contribution in [0.3, 0.4) is 0 Å². The van der Waals surface area contributed by atoms with Gasteiger partial charge in [0.15, 0.2) is 10.7 Å². The Morgan fingerprint density at radius 1 is 1.17 bits per heavy atom. The summed E-state index contributed by atoms with van der Waals surface area (Å²) in [5, 5.41) is 16.1. The van der Waals surface area contributed by atoms with Gasteiger partial charge in [-0.05, 0) is 31.5 Å². The lowest BCUT2D eigenvalue weighted by atomic mass is 10.0. The van der Waals surface area contributed by atoms with Crippen molar-refractivity contribution in [3.8, 4) is 17.3 Å². The molecular weight excluding hydrogens is 316 g/mol. The number of rotatable bonds is 4. The number of hydrogen-bond donors (Lipinski definition) is 1. The van der Waals surface area contributed by atoms with E-state index in [2.05, 4.69) is 53.6 Å². The van der Waals surface area contributed by atoms with Crippen molar-refractivity contribution >= 4 is 22.7 Å². The SMILES string of the molecule is Cc1ccc(-c2csc(C(C#N)=NNc3ccccc3)n2)c(C)c1. The van der Waals surface area contributed by atoms with Crippen LogP contribution in [0.25, 0.3) is 11.3 Å². The van der Waals surface area contributed by atoms with Crippen LogP contribution >= 0.6 is 11.3 Å². The molecule has 0 saturated heterocycles. The van der Waals surface area contributed by atoms with E-state index in [1.54, 1.807) is 0 Å². The number of hydrazone groups is 1. The maximum absolute atomic E-state index is 9.37. The van der Waals surface area contributed by atoms with Crippen molar-refractivity contribution in [2.75, 3.05) is 5.43 Å². The van der Waals surface area contributed by atoms with Gasteiger partial charge in [-0.25, -0.2) is 4.98 Å². The first-order valence-electron chi connectivity index (χ1n) is 7.50. The van der Waals surface area contributed by atoms with Gasteiger partial charge in [-0.2, -0.15) is 10.4 Å². The minimum atomic E-state index is 0.278. The predicted molar refractivity (Wildman–Crippen MR) is 99.2 cm³/mol. The molecule has 0 aliphatic carbocycles. The Morgan fingerprint density at radius 2 is 1.96 bits per heavy atom. The monoisotopic (exact) mass is 332 g/mol. The van der Waals surface area contributed by atoms with Crippen LogP contribution in [-0.2, 0) is 0 Å². The Bertz CT molecular complexity index is 920. The van der Waals surface area contributed by atoms with Gasteiger partial charge in [0, 0.05) is 10.9 Å². The third-order valence-electron chi connectivity index (χ3n) is 3.54. The molecule has 0 aliphatic heterocycles.